The Balaban J connectivity index is 1.76. The third-order valence-corrected chi connectivity index (χ3v) is 4.46. The van der Waals surface area contributed by atoms with E-state index >= 15 is 0 Å². The normalized spacial score (nSPS) is 18.3. The van der Waals surface area contributed by atoms with Gasteiger partial charge in [0.25, 0.3) is 0 Å². The molecule has 0 spiro atoms. The van der Waals surface area contributed by atoms with Crippen molar-refractivity contribution in [3.8, 4) is 5.75 Å². The largest absolute Gasteiger partial charge is 0.497 e. The summed E-state index contributed by atoms with van der Waals surface area (Å²) >= 11 is 0. The second kappa shape index (κ2) is 6.31. The van der Waals surface area contributed by atoms with Gasteiger partial charge in [0.1, 0.15) is 5.75 Å². The highest BCUT2D eigenvalue weighted by atomic mass is 16.5. The van der Waals surface area contributed by atoms with Crippen LogP contribution in [0.3, 0.4) is 0 Å². The molecule has 2 atom stereocenters. The maximum absolute atomic E-state index is 5.24. The van der Waals surface area contributed by atoms with Crippen LogP contribution in [0.25, 0.3) is 0 Å². The molecule has 0 aliphatic heterocycles. The van der Waals surface area contributed by atoms with Gasteiger partial charge in [-0.05, 0) is 48.1 Å². The van der Waals surface area contributed by atoms with Crippen molar-refractivity contribution in [1.29, 1.82) is 0 Å². The summed E-state index contributed by atoms with van der Waals surface area (Å²) in [4.78, 5) is 0. The van der Waals surface area contributed by atoms with Gasteiger partial charge in [0, 0.05) is 12.1 Å². The average Bonchev–Trinajstić information content (AvgIpc) is 2.96. The molecule has 2 unspecified atom stereocenters. The Bertz CT molecular complexity index is 591. The lowest BCUT2D eigenvalue weighted by Gasteiger charge is -2.23. The van der Waals surface area contributed by atoms with E-state index in [0.29, 0.717) is 12.1 Å². The first-order valence-electron chi connectivity index (χ1n) is 7.79. The van der Waals surface area contributed by atoms with Crippen molar-refractivity contribution in [2.75, 3.05) is 7.11 Å². The Morgan fingerprint density at radius 1 is 1.14 bits per heavy atom. The first kappa shape index (κ1) is 14.2. The van der Waals surface area contributed by atoms with E-state index in [-0.39, 0.29) is 0 Å². The molecule has 1 aliphatic rings. The number of aryl methyl sites for hydroxylation is 1. The highest BCUT2D eigenvalue weighted by Gasteiger charge is 2.24. The summed E-state index contributed by atoms with van der Waals surface area (Å²) in [7, 11) is 1.71. The van der Waals surface area contributed by atoms with Crippen molar-refractivity contribution < 1.29 is 4.74 Å². The third kappa shape index (κ3) is 2.96. The van der Waals surface area contributed by atoms with Crippen molar-refractivity contribution in [3.05, 3.63) is 65.2 Å². The molecule has 3 rings (SSSR count). The van der Waals surface area contributed by atoms with E-state index in [1.54, 1.807) is 7.11 Å². The quantitative estimate of drug-likeness (QED) is 0.875. The summed E-state index contributed by atoms with van der Waals surface area (Å²) in [5.41, 5.74) is 4.31. The van der Waals surface area contributed by atoms with Crippen LogP contribution in [0, 0.1) is 0 Å². The lowest BCUT2D eigenvalue weighted by atomic mass is 10.0. The summed E-state index contributed by atoms with van der Waals surface area (Å²) < 4.78 is 5.24. The van der Waals surface area contributed by atoms with Crippen LogP contribution in [0.4, 0.5) is 0 Å². The third-order valence-electron chi connectivity index (χ3n) is 4.46. The molecule has 1 N–H and O–H groups in total. The Morgan fingerprint density at radius 2 is 1.90 bits per heavy atom. The average molecular weight is 281 g/mol. The molecule has 2 aromatic rings. The molecule has 0 aromatic heterocycles. The second-order valence-electron chi connectivity index (χ2n) is 5.69. The number of rotatable bonds is 5. The number of fused-ring (bicyclic) bond motifs is 1. The minimum atomic E-state index is 0.395. The fourth-order valence-corrected chi connectivity index (χ4v) is 3.26. The van der Waals surface area contributed by atoms with Gasteiger partial charge >= 0.3 is 0 Å². The molecule has 0 fully saturated rings. The lowest BCUT2D eigenvalue weighted by Crippen LogP contribution is -2.24. The molecule has 2 heteroatoms. The Morgan fingerprint density at radius 3 is 2.62 bits per heavy atom. The van der Waals surface area contributed by atoms with Crippen molar-refractivity contribution in [1.82, 2.24) is 5.32 Å². The Labute approximate surface area is 127 Å². The first-order valence-corrected chi connectivity index (χ1v) is 7.79. The predicted molar refractivity (Wildman–Crippen MR) is 86.7 cm³/mol. The van der Waals surface area contributed by atoms with Crippen LogP contribution in [0.15, 0.2) is 48.5 Å². The number of methoxy groups -OCH3 is 1. The molecular formula is C19H23NO. The molecule has 0 saturated carbocycles. The fraction of sp³-hybridized carbons (Fsp3) is 0.368. The van der Waals surface area contributed by atoms with Gasteiger partial charge in [-0.1, -0.05) is 43.3 Å². The molecule has 110 valence electrons. The number of hydrogen-bond donors (Lipinski definition) is 1. The van der Waals surface area contributed by atoms with Gasteiger partial charge in [-0.2, -0.15) is 0 Å². The standard InChI is InChI=1S/C19H23NO/c1-3-18(15-8-11-16(21-2)12-9-15)20-19-13-10-14-6-4-5-7-17(14)19/h4-9,11-12,18-20H,3,10,13H2,1-2H3. The molecule has 0 bridgehead atoms. The highest BCUT2D eigenvalue weighted by Crippen LogP contribution is 2.33. The Hall–Kier alpha value is -1.80. The van der Waals surface area contributed by atoms with Crippen molar-refractivity contribution >= 4 is 0 Å². The van der Waals surface area contributed by atoms with E-state index in [2.05, 4.69) is 48.6 Å². The SMILES string of the molecule is CCC(NC1CCc2ccccc21)c1ccc(OC)cc1. The van der Waals surface area contributed by atoms with Gasteiger partial charge in [0.05, 0.1) is 7.11 Å². The van der Waals surface area contributed by atoms with Gasteiger partial charge in [-0.3, -0.25) is 0 Å². The Kier molecular flexibility index (Phi) is 4.26. The molecular weight excluding hydrogens is 258 g/mol. The van der Waals surface area contributed by atoms with E-state index in [1.807, 2.05) is 12.1 Å². The zero-order chi connectivity index (χ0) is 14.7. The number of benzene rings is 2. The van der Waals surface area contributed by atoms with E-state index in [4.69, 9.17) is 4.74 Å². The van der Waals surface area contributed by atoms with Crippen molar-refractivity contribution in [3.63, 3.8) is 0 Å². The molecule has 0 amide bonds. The van der Waals surface area contributed by atoms with Gasteiger partial charge in [-0.15, -0.1) is 0 Å². The number of nitrogens with one attached hydrogen (secondary N) is 1. The van der Waals surface area contributed by atoms with Gasteiger partial charge in [0.15, 0.2) is 0 Å². The van der Waals surface area contributed by atoms with E-state index in [1.165, 1.54) is 29.5 Å². The van der Waals surface area contributed by atoms with Crippen molar-refractivity contribution in [2.24, 2.45) is 0 Å². The maximum atomic E-state index is 5.24. The maximum Gasteiger partial charge on any atom is 0.118 e. The van der Waals surface area contributed by atoms with Crippen LogP contribution in [-0.4, -0.2) is 7.11 Å². The lowest BCUT2D eigenvalue weighted by molar-refractivity contribution is 0.412. The van der Waals surface area contributed by atoms with Crippen LogP contribution in [-0.2, 0) is 6.42 Å². The summed E-state index contributed by atoms with van der Waals surface area (Å²) in [6, 6.07) is 18.1. The monoisotopic (exact) mass is 281 g/mol. The van der Waals surface area contributed by atoms with Gasteiger partial charge in [0.2, 0.25) is 0 Å². The minimum absolute atomic E-state index is 0.395. The highest BCUT2D eigenvalue weighted by molar-refractivity contribution is 5.35. The zero-order valence-electron chi connectivity index (χ0n) is 12.8. The molecule has 21 heavy (non-hydrogen) atoms. The zero-order valence-corrected chi connectivity index (χ0v) is 12.8. The second-order valence-corrected chi connectivity index (χ2v) is 5.69. The topological polar surface area (TPSA) is 21.3 Å². The molecule has 0 saturated heterocycles. The van der Waals surface area contributed by atoms with Crippen LogP contribution in [0.5, 0.6) is 5.75 Å². The minimum Gasteiger partial charge on any atom is -0.497 e. The van der Waals surface area contributed by atoms with Gasteiger partial charge in [-0.25, -0.2) is 0 Å². The van der Waals surface area contributed by atoms with E-state index in [0.717, 1.165) is 12.2 Å². The van der Waals surface area contributed by atoms with Crippen molar-refractivity contribution in [2.45, 2.75) is 38.3 Å². The molecule has 2 nitrogen and oxygen atoms in total. The summed E-state index contributed by atoms with van der Waals surface area (Å²) in [5, 5.41) is 3.83. The van der Waals surface area contributed by atoms with Crippen LogP contribution < -0.4 is 10.1 Å². The predicted octanol–water partition coefficient (Wildman–Crippen LogP) is 4.42. The number of ether oxygens (including phenoxy) is 1. The smallest absolute Gasteiger partial charge is 0.118 e. The van der Waals surface area contributed by atoms with Crippen LogP contribution >= 0.6 is 0 Å². The van der Waals surface area contributed by atoms with Gasteiger partial charge < -0.3 is 10.1 Å². The summed E-state index contributed by atoms with van der Waals surface area (Å²) in [6.45, 7) is 2.24. The molecule has 1 aliphatic carbocycles. The first-order chi connectivity index (χ1) is 10.3. The summed E-state index contributed by atoms with van der Waals surface area (Å²) in [6.07, 6.45) is 3.48. The summed E-state index contributed by atoms with van der Waals surface area (Å²) in [5.74, 6) is 0.916. The molecule has 0 heterocycles. The molecule has 0 radical (unpaired) electrons. The molecule has 2 aromatic carbocycles. The van der Waals surface area contributed by atoms with Crippen LogP contribution in [0.2, 0.25) is 0 Å². The fourth-order valence-electron chi connectivity index (χ4n) is 3.26. The van der Waals surface area contributed by atoms with Crippen LogP contribution in [0.1, 0.15) is 48.5 Å². The van der Waals surface area contributed by atoms with E-state index < -0.39 is 0 Å². The van der Waals surface area contributed by atoms with E-state index in [9.17, 15) is 0 Å². The number of hydrogen-bond acceptors (Lipinski definition) is 2.